The van der Waals surface area contributed by atoms with Gasteiger partial charge in [-0.1, -0.05) is 6.92 Å². The highest BCUT2D eigenvalue weighted by Gasteiger charge is 2.28. The molecule has 2 aromatic heterocycles. The standard InChI is InChI=1S/C26H31N7O4S/c1-3-38-10-9-37-22-12-23(28-14-20(22)13-27)30-26(36)33-6-4-5-18-11-19(21(17-34)29-25(18)33)15-32-8-7-31(2)16-24(32)35/h11-12,14,17H,3-10,15-16H2,1-2H3,(H,28,30,36). The van der Waals surface area contributed by atoms with Gasteiger partial charge in [0.05, 0.1) is 19.3 Å². The highest BCUT2D eigenvalue weighted by molar-refractivity contribution is 7.99. The van der Waals surface area contributed by atoms with Gasteiger partial charge in [0.25, 0.3) is 0 Å². The van der Waals surface area contributed by atoms with Gasteiger partial charge in [0.15, 0.2) is 6.29 Å². The Morgan fingerprint density at radius 3 is 2.89 bits per heavy atom. The van der Waals surface area contributed by atoms with Gasteiger partial charge in [0.2, 0.25) is 5.91 Å². The molecule has 0 aromatic carbocycles. The van der Waals surface area contributed by atoms with Crippen LogP contribution < -0.4 is 15.0 Å². The number of fused-ring (bicyclic) bond motifs is 1. The fourth-order valence-corrected chi connectivity index (χ4v) is 4.91. The van der Waals surface area contributed by atoms with Crippen LogP contribution in [0.2, 0.25) is 0 Å². The van der Waals surface area contributed by atoms with E-state index in [2.05, 4.69) is 28.3 Å². The first-order valence-corrected chi connectivity index (χ1v) is 13.7. The van der Waals surface area contributed by atoms with Crippen molar-refractivity contribution in [1.82, 2.24) is 19.8 Å². The number of rotatable bonds is 9. The number of hydrogen-bond acceptors (Lipinski definition) is 9. The zero-order chi connectivity index (χ0) is 27.1. The molecule has 2 aliphatic heterocycles. The van der Waals surface area contributed by atoms with Crippen LogP contribution in [0.4, 0.5) is 16.4 Å². The molecule has 1 N–H and O–H groups in total. The normalized spacial score (nSPS) is 15.6. The van der Waals surface area contributed by atoms with Crippen molar-refractivity contribution in [2.24, 2.45) is 0 Å². The summed E-state index contributed by atoms with van der Waals surface area (Å²) in [5, 5.41) is 12.1. The molecule has 38 heavy (non-hydrogen) atoms. The third kappa shape index (κ3) is 6.41. The number of thioether (sulfide) groups is 1. The smallest absolute Gasteiger partial charge is 0.328 e. The van der Waals surface area contributed by atoms with E-state index in [4.69, 9.17) is 4.74 Å². The number of carbonyl (C=O) groups excluding carboxylic acids is 3. The zero-order valence-corrected chi connectivity index (χ0v) is 22.4. The number of hydrogen-bond donors (Lipinski definition) is 1. The molecule has 200 valence electrons. The van der Waals surface area contributed by atoms with Gasteiger partial charge in [-0.25, -0.2) is 14.8 Å². The summed E-state index contributed by atoms with van der Waals surface area (Å²) in [5.41, 5.74) is 2.03. The first kappa shape index (κ1) is 27.3. The largest absolute Gasteiger partial charge is 0.491 e. The monoisotopic (exact) mass is 537 g/mol. The number of urea groups is 1. The second-order valence-electron chi connectivity index (χ2n) is 9.09. The van der Waals surface area contributed by atoms with E-state index in [1.54, 1.807) is 22.7 Å². The SMILES string of the molecule is CCSCCOc1cc(NC(=O)N2CCCc3cc(CN4CCN(C)CC4=O)c(C=O)nc32)ncc1C#N. The number of nitrogens with zero attached hydrogens (tertiary/aromatic N) is 6. The Morgan fingerprint density at radius 1 is 1.32 bits per heavy atom. The number of aryl methyl sites for hydroxylation is 1. The van der Waals surface area contributed by atoms with Gasteiger partial charge < -0.3 is 9.64 Å². The second-order valence-corrected chi connectivity index (χ2v) is 10.5. The minimum atomic E-state index is -0.443. The minimum absolute atomic E-state index is 0.0108. The van der Waals surface area contributed by atoms with Crippen molar-refractivity contribution in [3.63, 3.8) is 0 Å². The van der Waals surface area contributed by atoms with Gasteiger partial charge >= 0.3 is 6.03 Å². The highest BCUT2D eigenvalue weighted by Crippen LogP contribution is 2.29. The van der Waals surface area contributed by atoms with Gasteiger partial charge in [-0.05, 0) is 37.3 Å². The van der Waals surface area contributed by atoms with E-state index < -0.39 is 6.03 Å². The number of pyridine rings is 2. The maximum atomic E-state index is 13.3. The molecule has 0 spiro atoms. The van der Waals surface area contributed by atoms with Crippen LogP contribution in [-0.4, -0.2) is 89.3 Å². The molecule has 0 aliphatic carbocycles. The highest BCUT2D eigenvalue weighted by atomic mass is 32.2. The number of piperazine rings is 1. The molecular formula is C26H31N7O4S. The average Bonchev–Trinajstić information content (AvgIpc) is 2.92. The molecular weight excluding hydrogens is 506 g/mol. The van der Waals surface area contributed by atoms with Gasteiger partial charge in [-0.3, -0.25) is 24.7 Å². The molecule has 2 aliphatic rings. The molecule has 1 fully saturated rings. The molecule has 0 atom stereocenters. The fraction of sp³-hybridized carbons (Fsp3) is 0.462. The molecule has 4 heterocycles. The van der Waals surface area contributed by atoms with E-state index in [9.17, 15) is 19.6 Å². The van der Waals surface area contributed by atoms with Crippen LogP contribution in [0.15, 0.2) is 18.3 Å². The number of carbonyl (C=O) groups is 3. The maximum absolute atomic E-state index is 13.3. The van der Waals surface area contributed by atoms with Gasteiger partial charge in [0.1, 0.15) is 34.7 Å². The first-order valence-electron chi connectivity index (χ1n) is 12.6. The van der Waals surface area contributed by atoms with Crippen molar-refractivity contribution in [3.8, 4) is 11.8 Å². The number of aldehydes is 1. The van der Waals surface area contributed by atoms with Crippen molar-refractivity contribution >= 4 is 41.6 Å². The van der Waals surface area contributed by atoms with Gasteiger partial charge in [-0.15, -0.1) is 0 Å². The molecule has 0 bridgehead atoms. The molecule has 12 heteroatoms. The minimum Gasteiger partial charge on any atom is -0.491 e. The lowest BCUT2D eigenvalue weighted by molar-refractivity contribution is -0.136. The number of likely N-dealkylation sites (N-methyl/N-ethyl adjacent to an activating group) is 1. The summed E-state index contributed by atoms with van der Waals surface area (Å²) in [6, 6.07) is 5.04. The van der Waals surface area contributed by atoms with Crippen LogP contribution in [0.1, 0.15) is 40.5 Å². The number of amides is 3. The lowest BCUT2D eigenvalue weighted by Gasteiger charge is -2.33. The Kier molecular flexibility index (Phi) is 9.15. The summed E-state index contributed by atoms with van der Waals surface area (Å²) in [5.74, 6) is 2.80. The topological polar surface area (TPSA) is 132 Å². The van der Waals surface area contributed by atoms with Gasteiger partial charge in [0, 0.05) is 43.6 Å². The Balaban J connectivity index is 1.51. The van der Waals surface area contributed by atoms with Crippen molar-refractivity contribution < 1.29 is 19.1 Å². The summed E-state index contributed by atoms with van der Waals surface area (Å²) in [4.78, 5) is 51.6. The first-order chi connectivity index (χ1) is 18.4. The van der Waals surface area contributed by atoms with Crippen molar-refractivity contribution in [2.75, 3.05) is 61.6 Å². The van der Waals surface area contributed by atoms with E-state index in [0.29, 0.717) is 62.6 Å². The Morgan fingerprint density at radius 2 is 2.16 bits per heavy atom. The van der Waals surface area contributed by atoms with E-state index in [0.717, 1.165) is 30.0 Å². The number of anilines is 2. The summed E-state index contributed by atoms with van der Waals surface area (Å²) < 4.78 is 5.74. The molecule has 4 rings (SSSR count). The number of aromatic nitrogens is 2. The van der Waals surface area contributed by atoms with E-state index in [1.807, 2.05) is 18.0 Å². The molecule has 0 unspecified atom stereocenters. The second kappa shape index (κ2) is 12.7. The van der Waals surface area contributed by atoms with Crippen molar-refractivity contribution in [3.05, 3.63) is 40.7 Å². The number of ether oxygens (including phenoxy) is 1. The number of nitriles is 1. The average molecular weight is 538 g/mol. The lowest BCUT2D eigenvalue weighted by Crippen LogP contribution is -2.48. The Hall–Kier alpha value is -3.69. The number of nitrogens with one attached hydrogen (secondary N) is 1. The van der Waals surface area contributed by atoms with Crippen molar-refractivity contribution in [2.45, 2.75) is 26.3 Å². The summed E-state index contributed by atoms with van der Waals surface area (Å²) in [6.45, 7) is 4.92. The predicted molar refractivity (Wildman–Crippen MR) is 145 cm³/mol. The Bertz CT molecular complexity index is 1250. The van der Waals surface area contributed by atoms with Crippen LogP contribution in [0.3, 0.4) is 0 Å². The maximum Gasteiger partial charge on any atom is 0.328 e. The summed E-state index contributed by atoms with van der Waals surface area (Å²) >= 11 is 1.73. The summed E-state index contributed by atoms with van der Waals surface area (Å²) in [6.07, 6.45) is 3.47. The van der Waals surface area contributed by atoms with Crippen LogP contribution in [0.5, 0.6) is 5.75 Å². The quantitative estimate of drug-likeness (QED) is 0.379. The van der Waals surface area contributed by atoms with Crippen LogP contribution >= 0.6 is 11.8 Å². The van der Waals surface area contributed by atoms with Crippen LogP contribution in [-0.2, 0) is 17.8 Å². The molecule has 3 amide bonds. The molecule has 0 saturated carbocycles. The fourth-order valence-electron chi connectivity index (χ4n) is 4.42. The van der Waals surface area contributed by atoms with E-state index in [1.165, 1.54) is 11.1 Å². The molecule has 0 radical (unpaired) electrons. The van der Waals surface area contributed by atoms with E-state index >= 15 is 0 Å². The predicted octanol–water partition coefficient (Wildman–Crippen LogP) is 2.55. The molecule has 11 nitrogen and oxygen atoms in total. The zero-order valence-electron chi connectivity index (χ0n) is 21.6. The molecule has 2 aromatic rings. The van der Waals surface area contributed by atoms with Crippen LogP contribution in [0.25, 0.3) is 0 Å². The van der Waals surface area contributed by atoms with Gasteiger partial charge in [-0.2, -0.15) is 17.0 Å². The van der Waals surface area contributed by atoms with Crippen LogP contribution in [0, 0.1) is 11.3 Å². The van der Waals surface area contributed by atoms with Crippen molar-refractivity contribution in [1.29, 1.82) is 5.26 Å². The van der Waals surface area contributed by atoms with E-state index in [-0.39, 0.29) is 23.0 Å². The third-order valence-corrected chi connectivity index (χ3v) is 7.28. The summed E-state index contributed by atoms with van der Waals surface area (Å²) in [7, 11) is 1.90. The molecule has 1 saturated heterocycles. The Labute approximate surface area is 226 Å². The lowest BCUT2D eigenvalue weighted by atomic mass is 10.0. The third-order valence-electron chi connectivity index (χ3n) is 6.41.